The van der Waals surface area contributed by atoms with Gasteiger partial charge in [0.1, 0.15) is 4.21 Å². The quantitative estimate of drug-likeness (QED) is 0.792. The van der Waals surface area contributed by atoms with Crippen LogP contribution in [0.3, 0.4) is 0 Å². The maximum Gasteiger partial charge on any atom is 0.252 e. The lowest BCUT2D eigenvalue weighted by molar-refractivity contribution is -0.0304. The van der Waals surface area contributed by atoms with Crippen molar-refractivity contribution >= 4 is 27.0 Å². The summed E-state index contributed by atoms with van der Waals surface area (Å²) in [4.78, 5) is 0. The van der Waals surface area contributed by atoms with Crippen LogP contribution >= 0.6 is 11.3 Å². The normalized spacial score (nSPS) is 22.8. The highest BCUT2D eigenvalue weighted by Gasteiger charge is 2.31. The first kappa shape index (κ1) is 12.8. The fraction of sp³-hybridized carbons (Fsp3) is 0.556. The maximum atomic E-state index is 12.2. The number of aliphatic hydroxyl groups is 1. The van der Waals surface area contributed by atoms with Crippen molar-refractivity contribution < 1.29 is 18.3 Å². The summed E-state index contributed by atoms with van der Waals surface area (Å²) < 4.78 is 31.2. The molecular formula is C9H14N2O4S2. The van der Waals surface area contributed by atoms with Gasteiger partial charge in [0.2, 0.25) is 0 Å². The van der Waals surface area contributed by atoms with Gasteiger partial charge in [-0.2, -0.15) is 4.31 Å². The van der Waals surface area contributed by atoms with Crippen LogP contribution in [0.2, 0.25) is 0 Å². The highest BCUT2D eigenvalue weighted by molar-refractivity contribution is 7.91. The van der Waals surface area contributed by atoms with Crippen LogP contribution in [-0.4, -0.2) is 50.2 Å². The second-order valence-corrected chi connectivity index (χ2v) is 6.81. The molecule has 3 N–H and O–H groups in total. The van der Waals surface area contributed by atoms with Gasteiger partial charge in [0.25, 0.3) is 10.0 Å². The summed E-state index contributed by atoms with van der Waals surface area (Å²) in [7, 11) is -3.50. The predicted molar refractivity (Wildman–Crippen MR) is 64.3 cm³/mol. The average Bonchev–Trinajstić information content (AvgIpc) is 2.76. The minimum Gasteiger partial charge on any atom is -0.398 e. The molecule has 17 heavy (non-hydrogen) atoms. The van der Waals surface area contributed by atoms with E-state index in [1.54, 1.807) is 5.38 Å². The molecule has 96 valence electrons. The summed E-state index contributed by atoms with van der Waals surface area (Å²) in [5.41, 5.74) is 5.97. The Morgan fingerprint density at radius 1 is 1.65 bits per heavy atom. The van der Waals surface area contributed by atoms with E-state index in [1.807, 2.05) is 0 Å². The molecule has 1 saturated heterocycles. The number of sulfonamides is 1. The van der Waals surface area contributed by atoms with Crippen LogP contribution in [0.5, 0.6) is 0 Å². The zero-order chi connectivity index (χ0) is 12.5. The Balaban J connectivity index is 2.21. The number of ether oxygens (including phenoxy) is 1. The first-order chi connectivity index (χ1) is 8.04. The largest absolute Gasteiger partial charge is 0.398 e. The molecule has 8 heteroatoms. The first-order valence-electron chi connectivity index (χ1n) is 5.10. The van der Waals surface area contributed by atoms with Crippen LogP contribution in [0.1, 0.15) is 0 Å². The molecule has 0 bridgehead atoms. The molecule has 1 aliphatic heterocycles. The summed E-state index contributed by atoms with van der Waals surface area (Å²) in [6, 6.07) is 1.45. The van der Waals surface area contributed by atoms with E-state index in [1.165, 1.54) is 10.4 Å². The molecule has 2 heterocycles. The number of hydrogen-bond donors (Lipinski definition) is 2. The SMILES string of the molecule is Nc1csc(S(=O)(=O)N2CCOC(CO)C2)c1. The number of rotatable bonds is 3. The van der Waals surface area contributed by atoms with Crippen molar-refractivity contribution in [2.45, 2.75) is 10.3 Å². The van der Waals surface area contributed by atoms with E-state index in [4.69, 9.17) is 15.6 Å². The second-order valence-electron chi connectivity index (χ2n) is 3.74. The van der Waals surface area contributed by atoms with Gasteiger partial charge in [0.15, 0.2) is 0 Å². The van der Waals surface area contributed by atoms with Gasteiger partial charge in [-0.05, 0) is 6.07 Å². The standard InChI is InChI=1S/C9H14N2O4S2/c10-7-3-9(16-6-7)17(13,14)11-1-2-15-8(4-11)5-12/h3,6,8,12H,1-2,4-5,10H2. The third kappa shape index (κ3) is 2.61. The molecule has 1 aromatic heterocycles. The number of nitrogen functional groups attached to an aromatic ring is 1. The Labute approximate surface area is 104 Å². The first-order valence-corrected chi connectivity index (χ1v) is 7.42. The number of nitrogens with zero attached hydrogens (tertiary/aromatic N) is 1. The predicted octanol–water partition coefficient (Wildman–Crippen LogP) is -0.288. The highest BCUT2D eigenvalue weighted by Crippen LogP contribution is 2.26. The monoisotopic (exact) mass is 278 g/mol. The summed E-state index contributed by atoms with van der Waals surface area (Å²) in [5.74, 6) is 0. The molecule has 1 unspecified atom stereocenters. The van der Waals surface area contributed by atoms with E-state index in [-0.39, 0.29) is 17.4 Å². The Morgan fingerprint density at radius 3 is 3.00 bits per heavy atom. The zero-order valence-corrected chi connectivity index (χ0v) is 10.7. The van der Waals surface area contributed by atoms with Crippen molar-refractivity contribution in [3.63, 3.8) is 0 Å². The lowest BCUT2D eigenvalue weighted by Gasteiger charge is -2.30. The number of hydrogen-bond acceptors (Lipinski definition) is 6. The smallest absolute Gasteiger partial charge is 0.252 e. The lowest BCUT2D eigenvalue weighted by atomic mass is 10.3. The van der Waals surface area contributed by atoms with Gasteiger partial charge < -0.3 is 15.6 Å². The third-order valence-corrected chi connectivity index (χ3v) is 5.79. The summed E-state index contributed by atoms with van der Waals surface area (Å²) >= 11 is 1.10. The van der Waals surface area contributed by atoms with Gasteiger partial charge >= 0.3 is 0 Å². The van der Waals surface area contributed by atoms with E-state index >= 15 is 0 Å². The molecule has 1 atom stereocenters. The Hall–Kier alpha value is -0.670. The minimum atomic E-state index is -3.50. The van der Waals surface area contributed by atoms with Gasteiger partial charge in [0.05, 0.1) is 19.3 Å². The van der Waals surface area contributed by atoms with Crippen LogP contribution in [0.25, 0.3) is 0 Å². The van der Waals surface area contributed by atoms with E-state index in [2.05, 4.69) is 0 Å². The zero-order valence-electron chi connectivity index (χ0n) is 9.07. The van der Waals surface area contributed by atoms with Crippen LogP contribution in [0.15, 0.2) is 15.7 Å². The molecule has 0 radical (unpaired) electrons. The molecule has 0 saturated carbocycles. The van der Waals surface area contributed by atoms with Crippen LogP contribution in [0.4, 0.5) is 5.69 Å². The lowest BCUT2D eigenvalue weighted by Crippen LogP contribution is -2.46. The molecule has 0 spiro atoms. The number of thiophene rings is 1. The molecular weight excluding hydrogens is 264 g/mol. The van der Waals surface area contributed by atoms with Gasteiger partial charge in [-0.25, -0.2) is 8.42 Å². The van der Waals surface area contributed by atoms with Crippen molar-refractivity contribution in [1.29, 1.82) is 0 Å². The van der Waals surface area contributed by atoms with Gasteiger partial charge in [-0.1, -0.05) is 0 Å². The van der Waals surface area contributed by atoms with Crippen molar-refractivity contribution in [3.8, 4) is 0 Å². The molecule has 6 nitrogen and oxygen atoms in total. The van der Waals surface area contributed by atoms with E-state index in [0.717, 1.165) is 11.3 Å². The number of anilines is 1. The topological polar surface area (TPSA) is 92.9 Å². The van der Waals surface area contributed by atoms with Gasteiger partial charge in [0, 0.05) is 24.2 Å². The number of aliphatic hydroxyl groups excluding tert-OH is 1. The molecule has 1 aromatic rings. The van der Waals surface area contributed by atoms with E-state index < -0.39 is 16.1 Å². The minimum absolute atomic E-state index is 0.177. The number of morpholine rings is 1. The Kier molecular flexibility index (Phi) is 3.69. The average molecular weight is 278 g/mol. The molecule has 1 fully saturated rings. The Bertz CT molecular complexity index is 485. The fourth-order valence-electron chi connectivity index (χ4n) is 1.61. The summed E-state index contributed by atoms with van der Waals surface area (Å²) in [6.45, 7) is 0.594. The van der Waals surface area contributed by atoms with E-state index in [9.17, 15) is 8.42 Å². The van der Waals surface area contributed by atoms with Crippen molar-refractivity contribution in [3.05, 3.63) is 11.4 Å². The van der Waals surface area contributed by atoms with Crippen molar-refractivity contribution in [2.75, 3.05) is 32.0 Å². The Morgan fingerprint density at radius 2 is 2.41 bits per heavy atom. The third-order valence-electron chi connectivity index (χ3n) is 2.49. The number of nitrogens with two attached hydrogens (primary N) is 1. The van der Waals surface area contributed by atoms with E-state index in [0.29, 0.717) is 18.8 Å². The molecule has 1 aliphatic rings. The molecule has 2 rings (SSSR count). The fourth-order valence-corrected chi connectivity index (χ4v) is 4.30. The maximum absolute atomic E-state index is 12.2. The molecule has 0 aliphatic carbocycles. The van der Waals surface area contributed by atoms with Gasteiger partial charge in [-0.3, -0.25) is 0 Å². The van der Waals surface area contributed by atoms with Crippen LogP contribution in [-0.2, 0) is 14.8 Å². The van der Waals surface area contributed by atoms with Crippen LogP contribution < -0.4 is 5.73 Å². The van der Waals surface area contributed by atoms with Crippen molar-refractivity contribution in [1.82, 2.24) is 4.31 Å². The molecule has 0 amide bonds. The van der Waals surface area contributed by atoms with Gasteiger partial charge in [-0.15, -0.1) is 11.3 Å². The van der Waals surface area contributed by atoms with Crippen molar-refractivity contribution in [2.24, 2.45) is 0 Å². The summed E-state index contributed by atoms with van der Waals surface area (Å²) in [6.07, 6.45) is -0.448. The molecule has 0 aromatic carbocycles. The highest BCUT2D eigenvalue weighted by atomic mass is 32.2. The second kappa shape index (κ2) is 4.91. The summed E-state index contributed by atoms with van der Waals surface area (Å²) in [5, 5.41) is 10.6. The van der Waals surface area contributed by atoms with Crippen LogP contribution in [0, 0.1) is 0 Å².